The van der Waals surface area contributed by atoms with Crippen LogP contribution in [0.5, 0.6) is 5.88 Å². The summed E-state index contributed by atoms with van der Waals surface area (Å²) >= 11 is 0. The highest BCUT2D eigenvalue weighted by molar-refractivity contribution is 6.33. The van der Waals surface area contributed by atoms with Gasteiger partial charge >= 0.3 is 7.32 Å². The van der Waals surface area contributed by atoms with Gasteiger partial charge < -0.3 is 19.7 Å². The summed E-state index contributed by atoms with van der Waals surface area (Å²) in [6.07, 6.45) is 1.62. The Balaban J connectivity index is 2.48. The van der Waals surface area contributed by atoms with Gasteiger partial charge in [-0.15, -0.1) is 0 Å². The molecular formula is C4H6BNO3. The maximum absolute atomic E-state index is 8.24. The van der Waals surface area contributed by atoms with Gasteiger partial charge in [-0.1, -0.05) is 0 Å². The van der Waals surface area contributed by atoms with Crippen molar-refractivity contribution in [1.82, 2.24) is 4.98 Å². The molecule has 0 aliphatic carbocycles. The van der Waals surface area contributed by atoms with Crippen LogP contribution in [0.4, 0.5) is 0 Å². The summed E-state index contributed by atoms with van der Waals surface area (Å²) in [5.74, 6) is 0.338. The molecule has 1 aromatic rings. The molecule has 0 atom stereocenters. The third-order valence-corrected chi connectivity index (χ3v) is 0.802. The molecule has 0 fully saturated rings. The maximum atomic E-state index is 8.24. The standard InChI is InChI=1S/C4H6BNO3/c7-5(8)9-4-2-1-3-6-4/h1-3,6-8H. The zero-order valence-electron chi connectivity index (χ0n) is 4.61. The van der Waals surface area contributed by atoms with Gasteiger partial charge in [-0.05, 0) is 12.1 Å². The molecular weight excluding hydrogens is 121 g/mol. The molecule has 0 saturated carbocycles. The van der Waals surface area contributed by atoms with E-state index in [1.54, 1.807) is 18.3 Å². The van der Waals surface area contributed by atoms with Crippen molar-refractivity contribution in [3.05, 3.63) is 18.3 Å². The minimum atomic E-state index is -1.75. The van der Waals surface area contributed by atoms with Crippen LogP contribution in [-0.4, -0.2) is 22.4 Å². The van der Waals surface area contributed by atoms with E-state index in [4.69, 9.17) is 10.0 Å². The first-order valence-corrected chi connectivity index (χ1v) is 2.45. The van der Waals surface area contributed by atoms with E-state index in [1.807, 2.05) is 0 Å². The molecule has 0 aliphatic rings. The van der Waals surface area contributed by atoms with Crippen LogP contribution in [0, 0.1) is 0 Å². The smallest absolute Gasteiger partial charge is 0.499 e. The minimum Gasteiger partial charge on any atom is -0.499 e. The van der Waals surface area contributed by atoms with Crippen LogP contribution < -0.4 is 4.65 Å². The average Bonchev–Trinajstić information content (AvgIpc) is 2.15. The van der Waals surface area contributed by atoms with E-state index < -0.39 is 7.32 Å². The van der Waals surface area contributed by atoms with E-state index in [1.165, 1.54) is 0 Å². The van der Waals surface area contributed by atoms with Crippen LogP contribution in [-0.2, 0) is 0 Å². The van der Waals surface area contributed by atoms with Crippen molar-refractivity contribution in [3.63, 3.8) is 0 Å². The Morgan fingerprint density at radius 1 is 1.56 bits per heavy atom. The van der Waals surface area contributed by atoms with Crippen molar-refractivity contribution < 1.29 is 14.7 Å². The molecule has 1 aromatic heterocycles. The Labute approximate surface area is 52.3 Å². The van der Waals surface area contributed by atoms with E-state index in [0.717, 1.165) is 0 Å². The zero-order chi connectivity index (χ0) is 6.69. The molecule has 0 unspecified atom stereocenters. The summed E-state index contributed by atoms with van der Waals surface area (Å²) in [4.78, 5) is 2.63. The summed E-state index contributed by atoms with van der Waals surface area (Å²) in [7, 11) is -1.75. The topological polar surface area (TPSA) is 65.5 Å². The van der Waals surface area contributed by atoms with Crippen molar-refractivity contribution in [1.29, 1.82) is 0 Å². The van der Waals surface area contributed by atoms with Gasteiger partial charge in [0.2, 0.25) is 0 Å². The van der Waals surface area contributed by atoms with Crippen LogP contribution in [0.25, 0.3) is 0 Å². The molecule has 48 valence electrons. The first-order chi connectivity index (χ1) is 4.29. The summed E-state index contributed by atoms with van der Waals surface area (Å²) < 4.78 is 4.41. The Morgan fingerprint density at radius 2 is 2.33 bits per heavy atom. The Kier molecular flexibility index (Phi) is 1.76. The molecule has 5 heteroatoms. The Bertz CT molecular complexity index is 162. The highest BCUT2D eigenvalue weighted by atomic mass is 16.6. The normalized spacial score (nSPS) is 9.11. The lowest BCUT2D eigenvalue weighted by Gasteiger charge is -1.98. The predicted octanol–water partition coefficient (Wildman–Crippen LogP) is -0.637. The number of aromatic amines is 1. The van der Waals surface area contributed by atoms with Gasteiger partial charge in [0.25, 0.3) is 0 Å². The molecule has 0 radical (unpaired) electrons. The number of hydrogen-bond acceptors (Lipinski definition) is 3. The lowest BCUT2D eigenvalue weighted by atomic mass is 10.3. The molecule has 0 saturated heterocycles. The fourth-order valence-electron chi connectivity index (χ4n) is 0.501. The van der Waals surface area contributed by atoms with E-state index in [0.29, 0.717) is 5.88 Å². The van der Waals surface area contributed by atoms with E-state index in [-0.39, 0.29) is 0 Å². The SMILES string of the molecule is OB(O)Oc1ccc[nH]1. The van der Waals surface area contributed by atoms with E-state index >= 15 is 0 Å². The molecule has 1 heterocycles. The molecule has 9 heavy (non-hydrogen) atoms. The number of aromatic nitrogens is 1. The van der Waals surface area contributed by atoms with Crippen LogP contribution >= 0.6 is 0 Å². The summed E-state index contributed by atoms with van der Waals surface area (Å²) in [5.41, 5.74) is 0. The predicted molar refractivity (Wildman–Crippen MR) is 31.6 cm³/mol. The molecule has 3 N–H and O–H groups in total. The average molecular weight is 127 g/mol. The van der Waals surface area contributed by atoms with Gasteiger partial charge in [0, 0.05) is 6.20 Å². The highest BCUT2D eigenvalue weighted by Crippen LogP contribution is 2.03. The van der Waals surface area contributed by atoms with Crippen molar-refractivity contribution >= 4 is 7.32 Å². The van der Waals surface area contributed by atoms with Gasteiger partial charge in [0.1, 0.15) is 0 Å². The zero-order valence-corrected chi connectivity index (χ0v) is 4.61. The maximum Gasteiger partial charge on any atom is 0.708 e. The second-order valence-electron chi connectivity index (χ2n) is 1.48. The molecule has 0 amide bonds. The fraction of sp³-hybridized carbons (Fsp3) is 0. The monoisotopic (exact) mass is 127 g/mol. The van der Waals surface area contributed by atoms with Gasteiger partial charge in [0.15, 0.2) is 5.88 Å². The largest absolute Gasteiger partial charge is 0.708 e. The number of rotatable bonds is 2. The molecule has 1 rings (SSSR count). The summed E-state index contributed by atoms with van der Waals surface area (Å²) in [5, 5.41) is 16.5. The third kappa shape index (κ3) is 1.79. The molecule has 0 aliphatic heterocycles. The van der Waals surface area contributed by atoms with Gasteiger partial charge in [-0.3, -0.25) is 0 Å². The fourth-order valence-corrected chi connectivity index (χ4v) is 0.501. The summed E-state index contributed by atoms with van der Waals surface area (Å²) in [6.45, 7) is 0. The summed E-state index contributed by atoms with van der Waals surface area (Å²) in [6, 6.07) is 3.27. The first kappa shape index (κ1) is 6.19. The van der Waals surface area contributed by atoms with Crippen molar-refractivity contribution in [2.75, 3.05) is 0 Å². The number of nitrogens with one attached hydrogen (secondary N) is 1. The second kappa shape index (κ2) is 2.57. The number of hydrogen-bond donors (Lipinski definition) is 3. The van der Waals surface area contributed by atoms with Gasteiger partial charge in [-0.2, -0.15) is 0 Å². The lowest BCUT2D eigenvalue weighted by Crippen LogP contribution is -2.20. The number of H-pyrrole nitrogens is 1. The first-order valence-electron chi connectivity index (χ1n) is 2.45. The molecule has 0 bridgehead atoms. The second-order valence-corrected chi connectivity index (χ2v) is 1.48. The van der Waals surface area contributed by atoms with Gasteiger partial charge in [0.05, 0.1) is 0 Å². The third-order valence-electron chi connectivity index (χ3n) is 0.802. The van der Waals surface area contributed by atoms with Crippen molar-refractivity contribution in [3.8, 4) is 5.88 Å². The van der Waals surface area contributed by atoms with Crippen LogP contribution in [0.15, 0.2) is 18.3 Å². The minimum absolute atomic E-state index is 0.338. The van der Waals surface area contributed by atoms with E-state index in [2.05, 4.69) is 9.64 Å². The molecule has 0 spiro atoms. The van der Waals surface area contributed by atoms with Crippen molar-refractivity contribution in [2.24, 2.45) is 0 Å². The Hall–Kier alpha value is -0.935. The Morgan fingerprint density at radius 3 is 2.78 bits per heavy atom. The van der Waals surface area contributed by atoms with E-state index in [9.17, 15) is 0 Å². The lowest BCUT2D eigenvalue weighted by molar-refractivity contribution is 0.284. The quantitative estimate of drug-likeness (QED) is 0.463. The van der Waals surface area contributed by atoms with Crippen molar-refractivity contribution in [2.45, 2.75) is 0 Å². The highest BCUT2D eigenvalue weighted by Gasteiger charge is 2.10. The van der Waals surface area contributed by atoms with Gasteiger partial charge in [-0.25, -0.2) is 0 Å². The molecule has 4 nitrogen and oxygen atoms in total. The van der Waals surface area contributed by atoms with Crippen LogP contribution in [0.2, 0.25) is 0 Å². The van der Waals surface area contributed by atoms with Crippen LogP contribution in [0.3, 0.4) is 0 Å². The van der Waals surface area contributed by atoms with Crippen LogP contribution in [0.1, 0.15) is 0 Å². The molecule has 0 aromatic carbocycles.